The molecule has 0 atom stereocenters. The van der Waals surface area contributed by atoms with Crippen LogP contribution in [0.2, 0.25) is 5.02 Å². The summed E-state index contributed by atoms with van der Waals surface area (Å²) in [5.41, 5.74) is 1.13. The second-order valence-corrected chi connectivity index (χ2v) is 6.84. The molecule has 0 spiro atoms. The van der Waals surface area contributed by atoms with Crippen LogP contribution in [0, 0.1) is 5.92 Å². The van der Waals surface area contributed by atoms with Crippen molar-refractivity contribution < 1.29 is 0 Å². The fraction of sp³-hybridized carbons (Fsp3) is 0.529. The molecule has 2 rings (SSSR count). The van der Waals surface area contributed by atoms with Crippen LogP contribution < -0.4 is 5.32 Å². The maximum Gasteiger partial charge on any atom is 0.194 e. The van der Waals surface area contributed by atoms with Crippen molar-refractivity contribution in [3.63, 3.8) is 0 Å². The average molecular weight is 351 g/mol. The molecule has 7 heteroatoms. The first-order valence-corrected chi connectivity index (χ1v) is 8.51. The van der Waals surface area contributed by atoms with Gasteiger partial charge in [-0.3, -0.25) is 4.99 Å². The molecule has 132 valence electrons. The van der Waals surface area contributed by atoms with Crippen LogP contribution in [-0.4, -0.2) is 39.1 Å². The summed E-state index contributed by atoms with van der Waals surface area (Å²) in [5, 5.41) is 4.13. The lowest BCUT2D eigenvalue weighted by molar-refractivity contribution is 0.456. The van der Waals surface area contributed by atoms with Gasteiger partial charge >= 0.3 is 0 Å². The number of imidazole rings is 1. The number of guanidine groups is 1. The number of aliphatic imine (C=N–C) groups is 1. The number of hydrogen-bond donors (Lipinski definition) is 1. The van der Waals surface area contributed by atoms with Crippen LogP contribution in [0.4, 0.5) is 0 Å². The normalized spacial score (nSPS) is 12.0. The Balaban J connectivity index is 1.97. The van der Waals surface area contributed by atoms with E-state index in [-0.39, 0.29) is 0 Å². The average Bonchev–Trinajstić information content (AvgIpc) is 3.06. The van der Waals surface area contributed by atoms with Gasteiger partial charge in [0.2, 0.25) is 0 Å². The van der Waals surface area contributed by atoms with E-state index in [1.165, 1.54) is 0 Å². The summed E-state index contributed by atoms with van der Waals surface area (Å²) in [5.74, 6) is 2.42. The highest BCUT2D eigenvalue weighted by molar-refractivity contribution is 6.30. The molecule has 2 aromatic rings. The zero-order valence-electron chi connectivity index (χ0n) is 15.1. The maximum absolute atomic E-state index is 6.05. The molecule has 0 saturated heterocycles. The zero-order valence-corrected chi connectivity index (χ0v) is 15.9. The molecule has 2 aromatic heterocycles. The monoisotopic (exact) mass is 350 g/mol. The number of rotatable bonds is 6. The maximum atomic E-state index is 6.05. The molecule has 0 radical (unpaired) electrons. The third kappa shape index (κ3) is 4.77. The zero-order chi connectivity index (χ0) is 17.7. The fourth-order valence-corrected chi connectivity index (χ4v) is 2.92. The Kier molecular flexibility index (Phi) is 6.31. The van der Waals surface area contributed by atoms with Gasteiger partial charge in [-0.2, -0.15) is 0 Å². The number of nitrogens with one attached hydrogen (secondary N) is 1. The molecule has 24 heavy (non-hydrogen) atoms. The van der Waals surface area contributed by atoms with Crippen LogP contribution in [0.1, 0.15) is 25.4 Å². The summed E-state index contributed by atoms with van der Waals surface area (Å²) in [6.07, 6.45) is 5.77. The van der Waals surface area contributed by atoms with Crippen molar-refractivity contribution in [3.8, 4) is 0 Å². The third-order valence-corrected chi connectivity index (χ3v) is 4.02. The van der Waals surface area contributed by atoms with Gasteiger partial charge in [0, 0.05) is 52.0 Å². The second kappa shape index (κ2) is 8.24. The largest absolute Gasteiger partial charge is 0.351 e. The first-order valence-electron chi connectivity index (χ1n) is 8.13. The van der Waals surface area contributed by atoms with Gasteiger partial charge in [-0.15, -0.1) is 0 Å². The van der Waals surface area contributed by atoms with Gasteiger partial charge < -0.3 is 19.4 Å². The van der Waals surface area contributed by atoms with Crippen molar-refractivity contribution in [2.24, 2.45) is 18.0 Å². The lowest BCUT2D eigenvalue weighted by atomic mass is 10.2. The van der Waals surface area contributed by atoms with Gasteiger partial charge in [-0.1, -0.05) is 25.4 Å². The van der Waals surface area contributed by atoms with Gasteiger partial charge in [0.25, 0.3) is 0 Å². The van der Waals surface area contributed by atoms with Crippen molar-refractivity contribution in [1.29, 1.82) is 0 Å². The van der Waals surface area contributed by atoms with Gasteiger partial charge in [0.15, 0.2) is 5.96 Å². The van der Waals surface area contributed by atoms with Crippen LogP contribution in [0.5, 0.6) is 0 Å². The Morgan fingerprint density at radius 2 is 2.21 bits per heavy atom. The van der Waals surface area contributed by atoms with Gasteiger partial charge in [-0.05, 0) is 12.0 Å². The Morgan fingerprint density at radius 1 is 1.46 bits per heavy atom. The number of nitrogens with zero attached hydrogens (tertiary/aromatic N) is 5. The van der Waals surface area contributed by atoms with E-state index in [1.54, 1.807) is 7.05 Å². The molecule has 0 aliphatic rings. The minimum Gasteiger partial charge on any atom is -0.351 e. The molecule has 6 nitrogen and oxygen atoms in total. The predicted octanol–water partition coefficient (Wildman–Crippen LogP) is 2.74. The Morgan fingerprint density at radius 3 is 2.79 bits per heavy atom. The molecule has 0 fully saturated rings. The van der Waals surface area contributed by atoms with Crippen LogP contribution in [0.25, 0.3) is 0 Å². The third-order valence-electron chi connectivity index (χ3n) is 3.82. The van der Waals surface area contributed by atoms with Gasteiger partial charge in [0.1, 0.15) is 5.82 Å². The summed E-state index contributed by atoms with van der Waals surface area (Å²) < 4.78 is 4.21. The van der Waals surface area contributed by atoms with Crippen LogP contribution in [0.15, 0.2) is 29.6 Å². The molecule has 0 amide bonds. The number of aromatic nitrogens is 3. The van der Waals surface area contributed by atoms with E-state index in [2.05, 4.69) is 38.6 Å². The minimum atomic E-state index is 0.585. The Bertz CT molecular complexity index is 685. The first kappa shape index (κ1) is 18.4. The summed E-state index contributed by atoms with van der Waals surface area (Å²) >= 11 is 6.05. The van der Waals surface area contributed by atoms with Crippen molar-refractivity contribution in [2.45, 2.75) is 33.5 Å². The topological polar surface area (TPSA) is 50.4 Å². The quantitative estimate of drug-likeness (QED) is 0.643. The van der Waals surface area contributed by atoms with Crippen LogP contribution >= 0.6 is 11.6 Å². The molecule has 0 saturated carbocycles. The molecule has 2 heterocycles. The lowest BCUT2D eigenvalue weighted by Crippen LogP contribution is -2.38. The Labute approximate surface area is 149 Å². The standard InChI is InChI=1S/C17H27ClN6/c1-13(2)10-24-7-6-20-16(24)9-21-17(19-3)23(5)12-15-8-14(18)11-22(15)4/h6-8,11,13H,9-10,12H2,1-5H3,(H,19,21). The fourth-order valence-electron chi connectivity index (χ4n) is 2.65. The molecule has 0 unspecified atom stereocenters. The van der Waals surface area contributed by atoms with E-state index in [4.69, 9.17) is 11.6 Å². The lowest BCUT2D eigenvalue weighted by Gasteiger charge is -2.22. The molecule has 0 aromatic carbocycles. The van der Waals surface area contributed by atoms with E-state index in [0.717, 1.165) is 35.6 Å². The van der Waals surface area contributed by atoms with E-state index >= 15 is 0 Å². The molecule has 1 N–H and O–H groups in total. The summed E-state index contributed by atoms with van der Waals surface area (Å²) in [6, 6.07) is 1.97. The van der Waals surface area contributed by atoms with Gasteiger partial charge in [-0.25, -0.2) is 4.98 Å². The summed E-state index contributed by atoms with van der Waals surface area (Å²) in [7, 11) is 5.79. The van der Waals surface area contributed by atoms with E-state index in [1.807, 2.05) is 43.3 Å². The van der Waals surface area contributed by atoms with Crippen LogP contribution in [0.3, 0.4) is 0 Å². The minimum absolute atomic E-state index is 0.585. The molecule has 0 aliphatic carbocycles. The van der Waals surface area contributed by atoms with Crippen molar-refractivity contribution in [2.75, 3.05) is 14.1 Å². The van der Waals surface area contributed by atoms with E-state index in [0.29, 0.717) is 12.5 Å². The molecule has 0 bridgehead atoms. The highest BCUT2D eigenvalue weighted by atomic mass is 35.5. The SMILES string of the molecule is CN=C(NCc1nccn1CC(C)C)N(C)Cc1cc(Cl)cn1C. The summed E-state index contributed by atoms with van der Waals surface area (Å²) in [4.78, 5) is 10.9. The van der Waals surface area contributed by atoms with Gasteiger partial charge in [0.05, 0.1) is 18.1 Å². The van der Waals surface area contributed by atoms with Crippen molar-refractivity contribution in [3.05, 3.63) is 41.2 Å². The predicted molar refractivity (Wildman–Crippen MR) is 99.2 cm³/mol. The first-order chi connectivity index (χ1) is 11.4. The number of halogens is 1. The Hall–Kier alpha value is -1.95. The van der Waals surface area contributed by atoms with Crippen molar-refractivity contribution >= 4 is 17.6 Å². The molecule has 0 aliphatic heterocycles. The van der Waals surface area contributed by atoms with Crippen molar-refractivity contribution in [1.82, 2.24) is 24.3 Å². The molecular formula is C17H27ClN6. The van der Waals surface area contributed by atoms with E-state index in [9.17, 15) is 0 Å². The smallest absolute Gasteiger partial charge is 0.194 e. The highest BCUT2D eigenvalue weighted by Gasteiger charge is 2.11. The highest BCUT2D eigenvalue weighted by Crippen LogP contribution is 2.14. The molecular weight excluding hydrogens is 324 g/mol. The second-order valence-electron chi connectivity index (χ2n) is 6.41. The number of aryl methyl sites for hydroxylation is 1. The van der Waals surface area contributed by atoms with E-state index < -0.39 is 0 Å². The summed E-state index contributed by atoms with van der Waals surface area (Å²) in [6.45, 7) is 6.74. The van der Waals surface area contributed by atoms with Crippen LogP contribution in [-0.2, 0) is 26.7 Å². The number of hydrogen-bond acceptors (Lipinski definition) is 2.